The second-order valence-electron chi connectivity index (χ2n) is 8.26. The van der Waals surface area contributed by atoms with Gasteiger partial charge in [-0.15, -0.1) is 0 Å². The highest BCUT2D eigenvalue weighted by Gasteiger charge is 2.29. The Balaban J connectivity index is 1.25. The van der Waals surface area contributed by atoms with Gasteiger partial charge in [-0.3, -0.25) is 9.78 Å². The van der Waals surface area contributed by atoms with E-state index in [-0.39, 0.29) is 11.8 Å². The van der Waals surface area contributed by atoms with Gasteiger partial charge in [-0.05, 0) is 75.2 Å². The van der Waals surface area contributed by atoms with Crippen LogP contribution in [0.15, 0.2) is 48.8 Å². The monoisotopic (exact) mass is 393 g/mol. The molecule has 1 aromatic carbocycles. The van der Waals surface area contributed by atoms with Gasteiger partial charge in [-0.1, -0.05) is 25.7 Å². The van der Waals surface area contributed by atoms with Crippen LogP contribution < -0.4 is 10.1 Å². The van der Waals surface area contributed by atoms with Crippen LogP contribution >= 0.6 is 0 Å². The summed E-state index contributed by atoms with van der Waals surface area (Å²) in [7, 11) is 0. The molecule has 2 heterocycles. The average molecular weight is 394 g/mol. The number of rotatable bonds is 5. The third kappa shape index (κ3) is 5.57. The molecule has 5 heteroatoms. The average Bonchev–Trinajstić information content (AvgIpc) is 3.06. The Morgan fingerprint density at radius 1 is 0.931 bits per heavy atom. The minimum atomic E-state index is 0.114. The molecule has 5 nitrogen and oxygen atoms in total. The number of hydrogen-bond acceptors (Lipinski definition) is 4. The van der Waals surface area contributed by atoms with Gasteiger partial charge in [-0.25, -0.2) is 0 Å². The summed E-state index contributed by atoms with van der Waals surface area (Å²) in [6.07, 6.45) is 13.5. The first-order valence-corrected chi connectivity index (χ1v) is 11.0. The lowest BCUT2D eigenvalue weighted by molar-refractivity contribution is -0.121. The third-order valence-corrected chi connectivity index (χ3v) is 6.23. The summed E-state index contributed by atoms with van der Waals surface area (Å²) in [5.74, 6) is 1.69. The summed E-state index contributed by atoms with van der Waals surface area (Å²) in [5, 5.41) is 3.08. The van der Waals surface area contributed by atoms with Crippen molar-refractivity contribution in [1.82, 2.24) is 9.88 Å². The summed E-state index contributed by atoms with van der Waals surface area (Å²) >= 11 is 0. The smallest absolute Gasteiger partial charge is 0.227 e. The first kappa shape index (κ1) is 19.9. The zero-order valence-electron chi connectivity index (χ0n) is 17.1. The number of aromatic nitrogens is 1. The summed E-state index contributed by atoms with van der Waals surface area (Å²) in [5.41, 5.74) is 0.819. The van der Waals surface area contributed by atoms with Gasteiger partial charge in [-0.2, -0.15) is 0 Å². The number of ether oxygens (including phenoxy) is 1. The van der Waals surface area contributed by atoms with Crippen LogP contribution in [0.1, 0.15) is 51.4 Å². The molecule has 1 saturated heterocycles. The Kier molecular flexibility index (Phi) is 6.78. The van der Waals surface area contributed by atoms with E-state index in [1.54, 1.807) is 12.4 Å². The molecule has 0 bridgehead atoms. The summed E-state index contributed by atoms with van der Waals surface area (Å²) in [6, 6.07) is 12.0. The minimum absolute atomic E-state index is 0.114. The number of piperidine rings is 1. The number of likely N-dealkylation sites (tertiary alicyclic amines) is 1. The van der Waals surface area contributed by atoms with Crippen molar-refractivity contribution in [2.75, 3.05) is 18.4 Å². The maximum Gasteiger partial charge on any atom is 0.227 e. The van der Waals surface area contributed by atoms with Crippen molar-refractivity contribution < 1.29 is 9.53 Å². The summed E-state index contributed by atoms with van der Waals surface area (Å²) in [4.78, 5) is 19.4. The number of benzene rings is 1. The van der Waals surface area contributed by atoms with Crippen LogP contribution in [0.5, 0.6) is 11.5 Å². The van der Waals surface area contributed by atoms with E-state index >= 15 is 0 Å². The van der Waals surface area contributed by atoms with Crippen LogP contribution in [0.25, 0.3) is 0 Å². The van der Waals surface area contributed by atoms with E-state index < -0.39 is 0 Å². The fraction of sp³-hybridized carbons (Fsp3) is 0.500. The lowest BCUT2D eigenvalue weighted by atomic mass is 9.93. The number of amides is 1. The Morgan fingerprint density at radius 2 is 1.66 bits per heavy atom. The summed E-state index contributed by atoms with van der Waals surface area (Å²) < 4.78 is 5.75. The molecular formula is C24H31N3O2. The normalized spacial score (nSPS) is 19.4. The molecule has 2 aliphatic rings. The van der Waals surface area contributed by atoms with Gasteiger partial charge in [0.15, 0.2) is 0 Å². The molecule has 154 valence electrons. The zero-order valence-corrected chi connectivity index (χ0v) is 17.1. The molecule has 1 N–H and O–H groups in total. The van der Waals surface area contributed by atoms with Crippen molar-refractivity contribution in [3.05, 3.63) is 48.8 Å². The molecule has 1 aromatic heterocycles. The van der Waals surface area contributed by atoms with Gasteiger partial charge in [0.2, 0.25) is 5.91 Å². The van der Waals surface area contributed by atoms with E-state index in [1.807, 2.05) is 36.4 Å². The predicted molar refractivity (Wildman–Crippen MR) is 115 cm³/mol. The maximum absolute atomic E-state index is 12.7. The first-order chi connectivity index (χ1) is 14.3. The molecule has 2 fully saturated rings. The first-order valence-electron chi connectivity index (χ1n) is 11.0. The molecule has 1 saturated carbocycles. The Bertz CT molecular complexity index is 762. The van der Waals surface area contributed by atoms with E-state index in [0.717, 1.165) is 43.4 Å². The number of nitrogens with one attached hydrogen (secondary N) is 1. The number of pyridine rings is 1. The number of hydrogen-bond donors (Lipinski definition) is 1. The molecular weight excluding hydrogens is 362 g/mol. The fourth-order valence-electron chi connectivity index (χ4n) is 4.54. The molecule has 0 atom stereocenters. The second-order valence-corrected chi connectivity index (χ2v) is 8.26. The molecule has 1 aliphatic carbocycles. The van der Waals surface area contributed by atoms with Crippen LogP contribution in [0.2, 0.25) is 0 Å². The van der Waals surface area contributed by atoms with Crippen molar-refractivity contribution >= 4 is 11.6 Å². The number of carbonyl (C=O) groups excluding carboxylic acids is 1. The van der Waals surface area contributed by atoms with Crippen molar-refractivity contribution in [3.63, 3.8) is 0 Å². The topological polar surface area (TPSA) is 54.5 Å². The van der Waals surface area contributed by atoms with E-state index in [4.69, 9.17) is 4.74 Å². The van der Waals surface area contributed by atoms with E-state index in [0.29, 0.717) is 5.75 Å². The van der Waals surface area contributed by atoms with Crippen LogP contribution in [0.4, 0.5) is 5.69 Å². The SMILES string of the molecule is O=C(Nc1ccc(Oc2cccnc2)cc1)C1CCN(C2CCCCCC2)CC1. The fourth-order valence-corrected chi connectivity index (χ4v) is 4.54. The van der Waals surface area contributed by atoms with Gasteiger partial charge < -0.3 is 15.0 Å². The molecule has 29 heavy (non-hydrogen) atoms. The van der Waals surface area contributed by atoms with Crippen molar-refractivity contribution in [2.45, 2.75) is 57.4 Å². The van der Waals surface area contributed by atoms with Crippen molar-refractivity contribution in [1.29, 1.82) is 0 Å². The second kappa shape index (κ2) is 9.88. The molecule has 0 spiro atoms. The largest absolute Gasteiger partial charge is 0.456 e. The van der Waals surface area contributed by atoms with Crippen LogP contribution in [0.3, 0.4) is 0 Å². The third-order valence-electron chi connectivity index (χ3n) is 6.23. The maximum atomic E-state index is 12.7. The van der Waals surface area contributed by atoms with Gasteiger partial charge >= 0.3 is 0 Å². The highest BCUT2D eigenvalue weighted by atomic mass is 16.5. The molecule has 2 aromatic rings. The molecule has 0 unspecified atom stereocenters. The lowest BCUT2D eigenvalue weighted by Crippen LogP contribution is -2.43. The van der Waals surface area contributed by atoms with E-state index in [1.165, 1.54) is 38.5 Å². The van der Waals surface area contributed by atoms with Gasteiger partial charge in [0.05, 0.1) is 6.20 Å². The van der Waals surface area contributed by atoms with Crippen molar-refractivity contribution in [2.24, 2.45) is 5.92 Å². The van der Waals surface area contributed by atoms with Crippen LogP contribution in [-0.4, -0.2) is 34.9 Å². The minimum Gasteiger partial charge on any atom is -0.456 e. The van der Waals surface area contributed by atoms with Gasteiger partial charge in [0.25, 0.3) is 0 Å². The Hall–Kier alpha value is -2.40. The van der Waals surface area contributed by atoms with Gasteiger partial charge in [0.1, 0.15) is 11.5 Å². The number of carbonyl (C=O) groups is 1. The highest BCUT2D eigenvalue weighted by Crippen LogP contribution is 2.28. The summed E-state index contributed by atoms with van der Waals surface area (Å²) in [6.45, 7) is 2.11. The molecule has 0 radical (unpaired) electrons. The standard InChI is InChI=1S/C24H31N3O2/c28-24(19-13-16-27(17-14-19)21-6-3-1-2-4-7-21)26-20-9-11-22(12-10-20)29-23-8-5-15-25-18-23/h5,8-12,15,18-19,21H,1-4,6-7,13-14,16-17H2,(H,26,28). The van der Waals surface area contributed by atoms with Crippen molar-refractivity contribution in [3.8, 4) is 11.5 Å². The van der Waals surface area contributed by atoms with Crippen LogP contribution in [-0.2, 0) is 4.79 Å². The quantitative estimate of drug-likeness (QED) is 0.705. The Morgan fingerprint density at radius 3 is 2.31 bits per heavy atom. The zero-order chi connectivity index (χ0) is 19.9. The highest BCUT2D eigenvalue weighted by molar-refractivity contribution is 5.92. The number of anilines is 1. The molecule has 1 amide bonds. The molecule has 4 rings (SSSR count). The lowest BCUT2D eigenvalue weighted by Gasteiger charge is -2.37. The van der Waals surface area contributed by atoms with E-state index in [9.17, 15) is 4.79 Å². The molecule has 1 aliphatic heterocycles. The van der Waals surface area contributed by atoms with Gasteiger partial charge in [0, 0.05) is 23.8 Å². The predicted octanol–water partition coefficient (Wildman–Crippen LogP) is 5.25. The van der Waals surface area contributed by atoms with Crippen LogP contribution in [0, 0.1) is 5.92 Å². The van der Waals surface area contributed by atoms with E-state index in [2.05, 4.69) is 15.2 Å². The Labute approximate surface area is 173 Å². The number of nitrogens with zero attached hydrogens (tertiary/aromatic N) is 2.